The number of carbonyl (C=O) groups is 3. The molecule has 0 spiro atoms. The Hall–Kier alpha value is -3.11. The van der Waals surface area contributed by atoms with E-state index >= 15 is 0 Å². The molecule has 3 amide bonds. The zero-order valence-electron chi connectivity index (χ0n) is 23.1. The van der Waals surface area contributed by atoms with E-state index in [2.05, 4.69) is 37.6 Å². The molecule has 5 rings (SSSR count). The summed E-state index contributed by atoms with van der Waals surface area (Å²) in [4.78, 5) is 44.4. The molecule has 0 bridgehead atoms. The van der Waals surface area contributed by atoms with Crippen molar-refractivity contribution in [3.63, 3.8) is 0 Å². The number of aryl methyl sites for hydroxylation is 1. The van der Waals surface area contributed by atoms with E-state index in [0.717, 1.165) is 28.1 Å². The first-order valence-corrected chi connectivity index (χ1v) is 15.2. The molecular formula is C29H35N5O3S2. The maximum absolute atomic E-state index is 13.8. The number of anilines is 1. The third-order valence-electron chi connectivity index (χ3n) is 7.36. The highest BCUT2D eigenvalue weighted by Gasteiger charge is 2.40. The number of carbonyl (C=O) groups excluding carboxylic acids is 3. The molecule has 1 atom stereocenters. The highest BCUT2D eigenvalue weighted by atomic mass is 32.2. The number of nitrogens with zero attached hydrogens (tertiary/aromatic N) is 5. The van der Waals surface area contributed by atoms with Crippen molar-refractivity contribution < 1.29 is 14.4 Å². The Bertz CT molecular complexity index is 1380. The van der Waals surface area contributed by atoms with Crippen molar-refractivity contribution in [2.24, 2.45) is 0 Å². The molecule has 3 aromatic rings. The second kappa shape index (κ2) is 10.8. The van der Waals surface area contributed by atoms with E-state index in [1.165, 1.54) is 0 Å². The number of fused-ring (bicyclic) bond motifs is 1. The quantitative estimate of drug-likeness (QED) is 0.469. The van der Waals surface area contributed by atoms with Gasteiger partial charge in [-0.15, -0.1) is 11.8 Å². The molecule has 206 valence electrons. The molecule has 0 radical (unpaired) electrons. The van der Waals surface area contributed by atoms with E-state index in [1.54, 1.807) is 44.7 Å². The zero-order chi connectivity index (χ0) is 27.9. The fourth-order valence-corrected chi connectivity index (χ4v) is 7.20. The van der Waals surface area contributed by atoms with Crippen LogP contribution in [0.4, 0.5) is 5.82 Å². The van der Waals surface area contributed by atoms with Crippen LogP contribution in [0.15, 0.2) is 41.1 Å². The van der Waals surface area contributed by atoms with Crippen LogP contribution in [0.3, 0.4) is 0 Å². The van der Waals surface area contributed by atoms with Gasteiger partial charge in [-0.2, -0.15) is 16.4 Å². The normalized spacial score (nSPS) is 18.2. The molecule has 1 aromatic carbocycles. The average molecular weight is 566 g/mol. The molecule has 2 aliphatic rings. The fourth-order valence-electron chi connectivity index (χ4n) is 5.24. The van der Waals surface area contributed by atoms with Crippen LogP contribution >= 0.6 is 23.1 Å². The van der Waals surface area contributed by atoms with Crippen LogP contribution in [0, 0.1) is 6.92 Å². The van der Waals surface area contributed by atoms with Crippen molar-refractivity contribution in [1.82, 2.24) is 19.6 Å². The molecule has 1 unspecified atom stereocenters. The molecular weight excluding hydrogens is 530 g/mol. The average Bonchev–Trinajstić information content (AvgIpc) is 3.54. The minimum Gasteiger partial charge on any atom is -0.339 e. The van der Waals surface area contributed by atoms with Crippen LogP contribution in [-0.2, 0) is 19.8 Å². The van der Waals surface area contributed by atoms with Gasteiger partial charge < -0.3 is 9.80 Å². The lowest BCUT2D eigenvalue weighted by atomic mass is 9.87. The van der Waals surface area contributed by atoms with Gasteiger partial charge in [-0.1, -0.05) is 39.0 Å². The Morgan fingerprint density at radius 2 is 1.74 bits per heavy atom. The van der Waals surface area contributed by atoms with E-state index in [4.69, 9.17) is 5.10 Å². The number of thiophene rings is 1. The lowest BCUT2D eigenvalue weighted by Crippen LogP contribution is -2.53. The highest BCUT2D eigenvalue weighted by Crippen LogP contribution is 2.49. The van der Waals surface area contributed by atoms with Gasteiger partial charge in [0.1, 0.15) is 12.4 Å². The van der Waals surface area contributed by atoms with Crippen molar-refractivity contribution in [3.8, 4) is 5.69 Å². The minimum atomic E-state index is -0.293. The molecule has 1 saturated heterocycles. The van der Waals surface area contributed by atoms with Crippen LogP contribution in [-0.4, -0.2) is 75.8 Å². The van der Waals surface area contributed by atoms with Crippen molar-refractivity contribution in [2.75, 3.05) is 43.4 Å². The maximum Gasteiger partial charge on any atom is 0.242 e. The zero-order valence-corrected chi connectivity index (χ0v) is 24.8. The third-order valence-corrected chi connectivity index (χ3v) is 9.32. The maximum atomic E-state index is 13.8. The number of aromatic nitrogens is 2. The first-order chi connectivity index (χ1) is 18.6. The standard InChI is InChI=1S/C29H35N5O3S2/c1-19-8-6-7-9-22(19)34-28-25(27(30-34)29(3,4)5)26(21-10-15-38-17-21)39-18-24(37)33(28)16-23(36)32-13-11-31(12-14-32)20(2)35/h6-10,15,17,26H,11-14,16,18H2,1-5H3. The second-order valence-electron chi connectivity index (χ2n) is 11.1. The Kier molecular flexibility index (Phi) is 7.61. The van der Waals surface area contributed by atoms with Crippen LogP contribution in [0.5, 0.6) is 0 Å². The summed E-state index contributed by atoms with van der Waals surface area (Å²) in [6.45, 7) is 11.9. The molecule has 4 heterocycles. The van der Waals surface area contributed by atoms with Crippen LogP contribution in [0.1, 0.15) is 55.3 Å². The SMILES string of the molecule is CC(=O)N1CCN(C(=O)CN2C(=O)CSC(c3ccsc3)c3c(C(C)(C)C)nn(-c4ccccc4C)c32)CC1. The number of piperazine rings is 1. The van der Waals surface area contributed by atoms with Gasteiger partial charge in [-0.05, 0) is 40.9 Å². The molecule has 39 heavy (non-hydrogen) atoms. The molecule has 8 nitrogen and oxygen atoms in total. The van der Waals surface area contributed by atoms with Crippen molar-refractivity contribution in [3.05, 3.63) is 63.5 Å². The van der Waals surface area contributed by atoms with Gasteiger partial charge in [0.2, 0.25) is 17.7 Å². The Balaban J connectivity index is 1.64. The summed E-state index contributed by atoms with van der Waals surface area (Å²) in [6, 6.07) is 10.1. The second-order valence-corrected chi connectivity index (χ2v) is 13.0. The summed E-state index contributed by atoms with van der Waals surface area (Å²) in [6.07, 6.45) is 0. The molecule has 0 aliphatic carbocycles. The van der Waals surface area contributed by atoms with Gasteiger partial charge >= 0.3 is 0 Å². The summed E-state index contributed by atoms with van der Waals surface area (Å²) in [7, 11) is 0. The van der Waals surface area contributed by atoms with E-state index in [-0.39, 0.29) is 40.7 Å². The predicted octanol–water partition coefficient (Wildman–Crippen LogP) is 4.40. The largest absolute Gasteiger partial charge is 0.339 e. The van der Waals surface area contributed by atoms with E-state index in [1.807, 2.05) is 35.9 Å². The molecule has 0 saturated carbocycles. The summed E-state index contributed by atoms with van der Waals surface area (Å²) in [5, 5.41) is 9.29. The molecule has 1 fully saturated rings. The molecule has 2 aliphatic heterocycles. The Morgan fingerprint density at radius 3 is 2.36 bits per heavy atom. The van der Waals surface area contributed by atoms with Crippen LogP contribution in [0.2, 0.25) is 0 Å². The number of amides is 3. The number of benzene rings is 1. The summed E-state index contributed by atoms with van der Waals surface area (Å²) in [5.74, 6) is 0.730. The van der Waals surface area contributed by atoms with Crippen LogP contribution < -0.4 is 4.90 Å². The lowest BCUT2D eigenvalue weighted by Gasteiger charge is -2.35. The minimum absolute atomic E-state index is 0.0165. The Morgan fingerprint density at radius 1 is 1.05 bits per heavy atom. The number of rotatable bonds is 4. The number of thioether (sulfide) groups is 1. The van der Waals surface area contributed by atoms with E-state index in [9.17, 15) is 14.4 Å². The summed E-state index contributed by atoms with van der Waals surface area (Å²) < 4.78 is 1.88. The monoisotopic (exact) mass is 565 g/mol. The number of hydrogen-bond acceptors (Lipinski definition) is 6. The fraction of sp³-hybridized carbons (Fsp3) is 0.448. The first kappa shape index (κ1) is 27.5. The first-order valence-electron chi connectivity index (χ1n) is 13.2. The van der Waals surface area contributed by atoms with Crippen molar-refractivity contribution in [1.29, 1.82) is 0 Å². The van der Waals surface area contributed by atoms with Gasteiger partial charge in [0.15, 0.2) is 0 Å². The Labute approximate surface area is 238 Å². The highest BCUT2D eigenvalue weighted by molar-refractivity contribution is 8.00. The van der Waals surface area contributed by atoms with Crippen molar-refractivity contribution in [2.45, 2.75) is 45.3 Å². The lowest BCUT2D eigenvalue weighted by molar-refractivity contribution is -0.137. The third kappa shape index (κ3) is 5.36. The molecule has 2 aromatic heterocycles. The van der Waals surface area contributed by atoms with E-state index in [0.29, 0.717) is 32.0 Å². The number of para-hydroxylation sites is 1. The van der Waals surface area contributed by atoms with Gasteiger partial charge in [-0.25, -0.2) is 4.68 Å². The van der Waals surface area contributed by atoms with Crippen molar-refractivity contribution >= 4 is 46.6 Å². The summed E-state index contributed by atoms with van der Waals surface area (Å²) in [5.41, 5.74) is 4.69. The molecule has 0 N–H and O–H groups in total. The van der Waals surface area contributed by atoms with E-state index < -0.39 is 0 Å². The predicted molar refractivity (Wildman–Crippen MR) is 157 cm³/mol. The summed E-state index contributed by atoms with van der Waals surface area (Å²) >= 11 is 3.24. The number of hydrogen-bond donors (Lipinski definition) is 0. The van der Waals surface area contributed by atoms with Gasteiger partial charge in [-0.3, -0.25) is 19.3 Å². The topological polar surface area (TPSA) is 78.8 Å². The van der Waals surface area contributed by atoms with Gasteiger partial charge in [0.25, 0.3) is 0 Å². The van der Waals surface area contributed by atoms with Gasteiger partial charge in [0, 0.05) is 44.1 Å². The molecule has 10 heteroatoms. The van der Waals surface area contributed by atoms with Gasteiger partial charge in [0.05, 0.1) is 22.4 Å². The van der Waals surface area contributed by atoms with Crippen LogP contribution in [0.25, 0.3) is 5.69 Å². The smallest absolute Gasteiger partial charge is 0.242 e.